The van der Waals surface area contributed by atoms with Crippen LogP contribution in [0.2, 0.25) is 5.02 Å². The maximum Gasteiger partial charge on any atom is 0.229 e. The van der Waals surface area contributed by atoms with Gasteiger partial charge in [-0.1, -0.05) is 29.8 Å². The number of carbonyl (C=O) groups is 2. The van der Waals surface area contributed by atoms with Gasteiger partial charge in [-0.2, -0.15) is 11.8 Å². The van der Waals surface area contributed by atoms with Gasteiger partial charge in [0.2, 0.25) is 11.8 Å². The highest BCUT2D eigenvalue weighted by atomic mass is 35.5. The Morgan fingerprint density at radius 3 is 2.77 bits per heavy atom. The smallest absolute Gasteiger partial charge is 0.229 e. The van der Waals surface area contributed by atoms with E-state index in [0.717, 1.165) is 42.4 Å². The van der Waals surface area contributed by atoms with Crippen LogP contribution in [0.4, 0.5) is 11.4 Å². The van der Waals surface area contributed by atoms with Crippen LogP contribution < -0.4 is 15.0 Å². The van der Waals surface area contributed by atoms with E-state index in [1.807, 2.05) is 30.0 Å². The Balaban J connectivity index is 1.45. The average Bonchev–Trinajstić information content (AvgIpc) is 3.17. The molecule has 2 amide bonds. The molecule has 2 heterocycles. The highest BCUT2D eigenvalue weighted by Gasteiger charge is 2.36. The van der Waals surface area contributed by atoms with Crippen molar-refractivity contribution in [2.75, 3.05) is 48.5 Å². The first-order valence-electron chi connectivity index (χ1n) is 10.4. The molecule has 8 heteroatoms. The fraction of sp³-hybridized carbons (Fsp3) is 0.391. The lowest BCUT2D eigenvalue weighted by molar-refractivity contribution is -0.122. The van der Waals surface area contributed by atoms with Gasteiger partial charge in [-0.05, 0) is 29.8 Å². The highest BCUT2D eigenvalue weighted by molar-refractivity contribution is 7.99. The second-order valence-corrected chi connectivity index (χ2v) is 9.42. The van der Waals surface area contributed by atoms with Crippen LogP contribution in [0.25, 0.3) is 0 Å². The zero-order valence-corrected chi connectivity index (χ0v) is 19.0. The Kier molecular flexibility index (Phi) is 7.05. The first kappa shape index (κ1) is 22.0. The second kappa shape index (κ2) is 9.94. The Bertz CT molecular complexity index is 965. The summed E-state index contributed by atoms with van der Waals surface area (Å²) in [5, 5.41) is 3.58. The van der Waals surface area contributed by atoms with E-state index in [-0.39, 0.29) is 18.2 Å². The highest BCUT2D eigenvalue weighted by Crippen LogP contribution is 2.35. The van der Waals surface area contributed by atoms with E-state index in [2.05, 4.69) is 16.3 Å². The van der Waals surface area contributed by atoms with Gasteiger partial charge in [-0.3, -0.25) is 14.5 Å². The van der Waals surface area contributed by atoms with E-state index >= 15 is 0 Å². The summed E-state index contributed by atoms with van der Waals surface area (Å²) >= 11 is 8.10. The molecule has 0 aromatic heterocycles. The summed E-state index contributed by atoms with van der Waals surface area (Å²) in [5.41, 5.74) is 2.51. The van der Waals surface area contributed by atoms with Gasteiger partial charge in [0.25, 0.3) is 0 Å². The quantitative estimate of drug-likeness (QED) is 0.710. The number of nitrogens with one attached hydrogen (secondary N) is 1. The van der Waals surface area contributed by atoms with Crippen molar-refractivity contribution in [2.45, 2.75) is 13.0 Å². The topological polar surface area (TPSA) is 61.9 Å². The van der Waals surface area contributed by atoms with Crippen molar-refractivity contribution < 1.29 is 14.3 Å². The molecule has 1 unspecified atom stereocenters. The number of halogens is 1. The van der Waals surface area contributed by atoms with Gasteiger partial charge in [0.15, 0.2) is 0 Å². The average molecular weight is 460 g/mol. The number of ether oxygens (including phenoxy) is 1. The van der Waals surface area contributed by atoms with Crippen LogP contribution in [0.3, 0.4) is 0 Å². The van der Waals surface area contributed by atoms with E-state index in [4.69, 9.17) is 16.3 Å². The Morgan fingerprint density at radius 1 is 1.23 bits per heavy atom. The lowest BCUT2D eigenvalue weighted by atomic mass is 10.1. The molecule has 4 rings (SSSR count). The summed E-state index contributed by atoms with van der Waals surface area (Å²) in [4.78, 5) is 29.7. The van der Waals surface area contributed by atoms with Crippen LogP contribution in [0.5, 0.6) is 5.75 Å². The van der Waals surface area contributed by atoms with Gasteiger partial charge < -0.3 is 15.0 Å². The summed E-state index contributed by atoms with van der Waals surface area (Å²) < 4.78 is 5.38. The molecule has 1 atom stereocenters. The van der Waals surface area contributed by atoms with Crippen molar-refractivity contribution in [3.8, 4) is 5.75 Å². The standard InChI is InChI=1S/C23H26ClN3O3S/c1-30-21-7-6-18(24)13-20(21)27-15-17(12-22(27)28)23(29)25-19-5-3-2-4-16(19)14-26-8-10-31-11-9-26/h2-7,13,17H,8-12,14-15H2,1H3,(H,25,29). The Labute approximate surface area is 191 Å². The van der Waals surface area contributed by atoms with Crippen LogP contribution in [-0.2, 0) is 16.1 Å². The van der Waals surface area contributed by atoms with Crippen LogP contribution in [0.1, 0.15) is 12.0 Å². The molecular weight excluding hydrogens is 434 g/mol. The molecule has 0 spiro atoms. The minimum Gasteiger partial charge on any atom is -0.495 e. The molecule has 0 saturated carbocycles. The molecule has 2 aliphatic rings. The summed E-state index contributed by atoms with van der Waals surface area (Å²) in [6, 6.07) is 13.1. The number of para-hydroxylation sites is 1. The van der Waals surface area contributed by atoms with Gasteiger partial charge in [-0.25, -0.2) is 0 Å². The lowest BCUT2D eigenvalue weighted by Crippen LogP contribution is -2.32. The number of hydrogen-bond donors (Lipinski definition) is 1. The van der Waals surface area contributed by atoms with Gasteiger partial charge in [0, 0.05) is 54.8 Å². The normalized spacial score (nSPS) is 19.5. The Hall–Kier alpha value is -2.22. The molecule has 31 heavy (non-hydrogen) atoms. The fourth-order valence-corrected chi connectivity index (χ4v) is 5.15. The van der Waals surface area contributed by atoms with E-state index in [1.54, 1.807) is 30.2 Å². The predicted molar refractivity (Wildman–Crippen MR) is 126 cm³/mol. The second-order valence-electron chi connectivity index (χ2n) is 7.76. The van der Waals surface area contributed by atoms with E-state index < -0.39 is 5.92 Å². The number of benzene rings is 2. The molecule has 2 aliphatic heterocycles. The predicted octanol–water partition coefficient (Wildman–Crippen LogP) is 3.89. The third-order valence-electron chi connectivity index (χ3n) is 5.70. The molecule has 6 nitrogen and oxygen atoms in total. The van der Waals surface area contributed by atoms with Crippen molar-refractivity contribution in [3.63, 3.8) is 0 Å². The van der Waals surface area contributed by atoms with Crippen molar-refractivity contribution in [1.29, 1.82) is 0 Å². The largest absolute Gasteiger partial charge is 0.495 e. The molecule has 2 saturated heterocycles. The van der Waals surface area contributed by atoms with E-state index in [1.165, 1.54) is 0 Å². The number of amides is 2. The molecule has 0 aliphatic carbocycles. The fourth-order valence-electron chi connectivity index (χ4n) is 4.01. The zero-order valence-electron chi connectivity index (χ0n) is 17.5. The maximum absolute atomic E-state index is 13.0. The minimum absolute atomic E-state index is 0.111. The van der Waals surface area contributed by atoms with Crippen molar-refractivity contribution in [1.82, 2.24) is 4.90 Å². The molecule has 2 aromatic carbocycles. The number of methoxy groups -OCH3 is 1. The number of carbonyl (C=O) groups excluding carboxylic acids is 2. The number of thioether (sulfide) groups is 1. The monoisotopic (exact) mass is 459 g/mol. The number of anilines is 2. The van der Waals surface area contributed by atoms with Gasteiger partial charge in [0.05, 0.1) is 18.7 Å². The molecule has 1 N–H and O–H groups in total. The first-order chi connectivity index (χ1) is 15.0. The molecule has 0 bridgehead atoms. The first-order valence-corrected chi connectivity index (χ1v) is 11.9. The summed E-state index contributed by atoms with van der Waals surface area (Å²) in [7, 11) is 1.55. The van der Waals surface area contributed by atoms with Crippen LogP contribution in [-0.4, -0.2) is 55.0 Å². The minimum atomic E-state index is -0.435. The molecule has 164 valence electrons. The number of hydrogen-bond acceptors (Lipinski definition) is 5. The molecular formula is C23H26ClN3O3S. The SMILES string of the molecule is COc1ccc(Cl)cc1N1CC(C(=O)Nc2ccccc2CN2CCSCC2)CC1=O. The Morgan fingerprint density at radius 2 is 2.00 bits per heavy atom. The number of rotatable bonds is 6. The van der Waals surface area contributed by atoms with E-state index in [0.29, 0.717) is 23.0 Å². The van der Waals surface area contributed by atoms with E-state index in [9.17, 15) is 9.59 Å². The zero-order chi connectivity index (χ0) is 21.8. The van der Waals surface area contributed by atoms with Crippen molar-refractivity contribution in [3.05, 3.63) is 53.1 Å². The van der Waals surface area contributed by atoms with Crippen molar-refractivity contribution in [2.24, 2.45) is 5.92 Å². The lowest BCUT2D eigenvalue weighted by Gasteiger charge is -2.27. The van der Waals surface area contributed by atoms with Gasteiger partial charge >= 0.3 is 0 Å². The van der Waals surface area contributed by atoms with Crippen LogP contribution in [0.15, 0.2) is 42.5 Å². The number of nitrogens with zero attached hydrogens (tertiary/aromatic N) is 2. The van der Waals surface area contributed by atoms with Gasteiger partial charge in [0.1, 0.15) is 5.75 Å². The van der Waals surface area contributed by atoms with Crippen LogP contribution >= 0.6 is 23.4 Å². The van der Waals surface area contributed by atoms with Crippen molar-refractivity contribution >= 4 is 46.6 Å². The molecule has 2 aromatic rings. The maximum atomic E-state index is 13.0. The summed E-state index contributed by atoms with van der Waals surface area (Å²) in [6.45, 7) is 3.22. The van der Waals surface area contributed by atoms with Crippen LogP contribution in [0, 0.1) is 5.92 Å². The van der Waals surface area contributed by atoms with Gasteiger partial charge in [-0.15, -0.1) is 0 Å². The molecule has 2 fully saturated rings. The molecule has 0 radical (unpaired) electrons. The summed E-state index contributed by atoms with van der Waals surface area (Å²) in [6.07, 6.45) is 0.160. The third kappa shape index (κ3) is 5.17. The third-order valence-corrected chi connectivity index (χ3v) is 6.88. The summed E-state index contributed by atoms with van der Waals surface area (Å²) in [5.74, 6) is 2.15.